The third-order valence-electron chi connectivity index (χ3n) is 2.32. The standard InChI is InChI=1S/C13H21N3O2.2ClH/c1-10(14)13(17)15-11-5-4-6-12(9-11)18-8-7-16(2)3;;/h4-6,9-10H,7-8,14H2,1-3H3,(H,15,17);2*1H/t10-;;/m0../s1. The van der Waals surface area contributed by atoms with Gasteiger partial charge in [-0.15, -0.1) is 24.8 Å². The van der Waals surface area contributed by atoms with Crippen molar-refractivity contribution < 1.29 is 9.53 Å². The topological polar surface area (TPSA) is 67.6 Å². The number of carbonyl (C=O) groups excluding carboxylic acids is 1. The number of anilines is 1. The van der Waals surface area contributed by atoms with Crippen molar-refractivity contribution in [1.82, 2.24) is 4.90 Å². The van der Waals surface area contributed by atoms with E-state index in [4.69, 9.17) is 10.5 Å². The molecule has 1 aromatic carbocycles. The Labute approximate surface area is 132 Å². The summed E-state index contributed by atoms with van der Waals surface area (Å²) in [5.74, 6) is 0.528. The summed E-state index contributed by atoms with van der Waals surface area (Å²) in [4.78, 5) is 13.5. The normalized spacial score (nSPS) is 11.1. The number of hydrogen-bond acceptors (Lipinski definition) is 4. The minimum atomic E-state index is -0.525. The lowest BCUT2D eigenvalue weighted by Crippen LogP contribution is -2.32. The predicted molar refractivity (Wildman–Crippen MR) is 87.3 cm³/mol. The molecule has 1 atom stereocenters. The molecular formula is C13H23Cl2N3O2. The third-order valence-corrected chi connectivity index (χ3v) is 2.32. The molecule has 116 valence electrons. The zero-order valence-electron chi connectivity index (χ0n) is 12.0. The molecule has 0 aliphatic carbocycles. The lowest BCUT2D eigenvalue weighted by atomic mass is 10.2. The summed E-state index contributed by atoms with van der Waals surface area (Å²) in [5.41, 5.74) is 6.18. The molecule has 0 spiro atoms. The fraction of sp³-hybridized carbons (Fsp3) is 0.462. The van der Waals surface area contributed by atoms with Gasteiger partial charge in [0.1, 0.15) is 12.4 Å². The fourth-order valence-electron chi connectivity index (χ4n) is 1.27. The first kappa shape index (κ1) is 21.3. The van der Waals surface area contributed by atoms with E-state index in [9.17, 15) is 4.79 Å². The van der Waals surface area contributed by atoms with Gasteiger partial charge in [-0.1, -0.05) is 6.07 Å². The van der Waals surface area contributed by atoms with Gasteiger partial charge in [-0.05, 0) is 33.2 Å². The Morgan fingerprint density at radius 1 is 1.40 bits per heavy atom. The fourth-order valence-corrected chi connectivity index (χ4v) is 1.27. The summed E-state index contributed by atoms with van der Waals surface area (Å²) in [7, 11) is 3.98. The Bertz CT molecular complexity index is 401. The van der Waals surface area contributed by atoms with Crippen LogP contribution in [-0.2, 0) is 4.79 Å². The molecule has 0 radical (unpaired) electrons. The summed E-state index contributed by atoms with van der Waals surface area (Å²) >= 11 is 0. The van der Waals surface area contributed by atoms with Crippen molar-refractivity contribution in [2.45, 2.75) is 13.0 Å². The van der Waals surface area contributed by atoms with Crippen LogP contribution < -0.4 is 15.8 Å². The summed E-state index contributed by atoms with van der Waals surface area (Å²) < 4.78 is 5.58. The molecule has 0 saturated carbocycles. The van der Waals surface area contributed by atoms with Crippen LogP contribution >= 0.6 is 24.8 Å². The molecule has 0 fully saturated rings. The van der Waals surface area contributed by atoms with Crippen molar-refractivity contribution in [3.05, 3.63) is 24.3 Å². The monoisotopic (exact) mass is 323 g/mol. The summed E-state index contributed by atoms with van der Waals surface area (Å²) in [6.07, 6.45) is 0. The van der Waals surface area contributed by atoms with E-state index in [1.54, 1.807) is 19.1 Å². The lowest BCUT2D eigenvalue weighted by molar-refractivity contribution is -0.117. The van der Waals surface area contributed by atoms with Gasteiger partial charge < -0.3 is 20.7 Å². The highest BCUT2D eigenvalue weighted by molar-refractivity contribution is 5.94. The lowest BCUT2D eigenvalue weighted by Gasteiger charge is -2.12. The number of likely N-dealkylation sites (N-methyl/N-ethyl adjacent to an activating group) is 1. The highest BCUT2D eigenvalue weighted by Gasteiger charge is 2.07. The van der Waals surface area contributed by atoms with Crippen molar-refractivity contribution >= 4 is 36.4 Å². The van der Waals surface area contributed by atoms with E-state index in [0.717, 1.165) is 12.3 Å². The van der Waals surface area contributed by atoms with Crippen LogP contribution in [0.25, 0.3) is 0 Å². The maximum Gasteiger partial charge on any atom is 0.241 e. The second-order valence-corrected chi connectivity index (χ2v) is 4.46. The SMILES string of the molecule is C[C@H](N)C(=O)Nc1cccc(OCCN(C)C)c1.Cl.Cl. The van der Waals surface area contributed by atoms with Crippen LogP contribution in [0.4, 0.5) is 5.69 Å². The van der Waals surface area contributed by atoms with E-state index in [0.29, 0.717) is 12.3 Å². The Morgan fingerprint density at radius 3 is 2.60 bits per heavy atom. The molecule has 0 aliphatic heterocycles. The second kappa shape index (κ2) is 10.7. The molecule has 1 amide bonds. The van der Waals surface area contributed by atoms with Crippen LogP contribution in [0.15, 0.2) is 24.3 Å². The van der Waals surface area contributed by atoms with E-state index in [1.807, 2.05) is 31.1 Å². The molecule has 0 aromatic heterocycles. The molecule has 3 N–H and O–H groups in total. The molecule has 0 bridgehead atoms. The molecule has 7 heteroatoms. The van der Waals surface area contributed by atoms with Gasteiger partial charge >= 0.3 is 0 Å². The first-order valence-corrected chi connectivity index (χ1v) is 5.93. The van der Waals surface area contributed by atoms with Crippen molar-refractivity contribution in [3.63, 3.8) is 0 Å². The number of nitrogens with one attached hydrogen (secondary N) is 1. The average molecular weight is 324 g/mol. The molecule has 0 aliphatic rings. The van der Waals surface area contributed by atoms with Gasteiger partial charge in [0.15, 0.2) is 0 Å². The number of hydrogen-bond donors (Lipinski definition) is 2. The van der Waals surface area contributed by atoms with E-state index >= 15 is 0 Å². The molecule has 0 unspecified atom stereocenters. The van der Waals surface area contributed by atoms with Crippen LogP contribution in [0.2, 0.25) is 0 Å². The predicted octanol–water partition coefficient (Wildman–Crippen LogP) is 1.76. The van der Waals surface area contributed by atoms with E-state index in [-0.39, 0.29) is 30.7 Å². The third kappa shape index (κ3) is 8.22. The maximum absolute atomic E-state index is 11.4. The Hall–Kier alpha value is -1.01. The Balaban J connectivity index is 0. The first-order chi connectivity index (χ1) is 8.49. The zero-order valence-corrected chi connectivity index (χ0v) is 13.6. The average Bonchev–Trinajstić information content (AvgIpc) is 2.28. The van der Waals surface area contributed by atoms with Gasteiger partial charge in [0.2, 0.25) is 5.91 Å². The van der Waals surface area contributed by atoms with Gasteiger partial charge in [0, 0.05) is 18.3 Å². The minimum absolute atomic E-state index is 0. The number of nitrogens with zero attached hydrogens (tertiary/aromatic N) is 1. The van der Waals surface area contributed by atoms with E-state index in [2.05, 4.69) is 5.32 Å². The smallest absolute Gasteiger partial charge is 0.241 e. The highest BCUT2D eigenvalue weighted by Crippen LogP contribution is 2.17. The molecule has 5 nitrogen and oxygen atoms in total. The summed E-state index contributed by atoms with van der Waals surface area (Å²) in [6, 6.07) is 6.76. The van der Waals surface area contributed by atoms with Gasteiger partial charge in [-0.2, -0.15) is 0 Å². The summed E-state index contributed by atoms with van der Waals surface area (Å²) in [5, 5.41) is 2.73. The first-order valence-electron chi connectivity index (χ1n) is 5.93. The zero-order chi connectivity index (χ0) is 13.5. The number of halogens is 2. The number of benzene rings is 1. The maximum atomic E-state index is 11.4. The van der Waals surface area contributed by atoms with Crippen LogP contribution in [-0.4, -0.2) is 44.1 Å². The number of nitrogens with two attached hydrogens (primary N) is 1. The van der Waals surface area contributed by atoms with E-state index in [1.165, 1.54) is 0 Å². The molecular weight excluding hydrogens is 301 g/mol. The number of amides is 1. The number of ether oxygens (including phenoxy) is 1. The minimum Gasteiger partial charge on any atom is -0.492 e. The van der Waals surface area contributed by atoms with Crippen LogP contribution in [0, 0.1) is 0 Å². The van der Waals surface area contributed by atoms with Gasteiger partial charge in [-0.3, -0.25) is 4.79 Å². The van der Waals surface area contributed by atoms with Crippen LogP contribution in [0.1, 0.15) is 6.92 Å². The van der Waals surface area contributed by atoms with E-state index < -0.39 is 6.04 Å². The molecule has 1 rings (SSSR count). The van der Waals surface area contributed by atoms with Gasteiger partial charge in [0.05, 0.1) is 6.04 Å². The van der Waals surface area contributed by atoms with Crippen LogP contribution in [0.3, 0.4) is 0 Å². The molecule has 20 heavy (non-hydrogen) atoms. The highest BCUT2D eigenvalue weighted by atomic mass is 35.5. The van der Waals surface area contributed by atoms with Gasteiger partial charge in [0.25, 0.3) is 0 Å². The number of rotatable bonds is 6. The van der Waals surface area contributed by atoms with Crippen molar-refractivity contribution in [2.75, 3.05) is 32.6 Å². The van der Waals surface area contributed by atoms with Crippen molar-refractivity contribution in [2.24, 2.45) is 5.73 Å². The Kier molecular flexibility index (Phi) is 11.4. The van der Waals surface area contributed by atoms with Crippen LogP contribution in [0.5, 0.6) is 5.75 Å². The quantitative estimate of drug-likeness (QED) is 0.837. The molecule has 0 heterocycles. The molecule has 1 aromatic rings. The second-order valence-electron chi connectivity index (χ2n) is 4.46. The largest absolute Gasteiger partial charge is 0.492 e. The van der Waals surface area contributed by atoms with Crippen molar-refractivity contribution in [3.8, 4) is 5.75 Å². The Morgan fingerprint density at radius 2 is 2.05 bits per heavy atom. The molecule has 0 saturated heterocycles. The van der Waals surface area contributed by atoms with Crippen molar-refractivity contribution in [1.29, 1.82) is 0 Å². The van der Waals surface area contributed by atoms with Gasteiger partial charge in [-0.25, -0.2) is 0 Å². The number of carbonyl (C=O) groups is 1. The summed E-state index contributed by atoms with van der Waals surface area (Å²) in [6.45, 7) is 3.10.